The molecule has 1 amide bonds. The summed E-state index contributed by atoms with van der Waals surface area (Å²) in [5.41, 5.74) is 4.01. The molecule has 1 aromatic heterocycles. The third kappa shape index (κ3) is 4.06. The van der Waals surface area contributed by atoms with Gasteiger partial charge in [0.15, 0.2) is 0 Å². The van der Waals surface area contributed by atoms with Crippen LogP contribution in [0.4, 0.5) is 11.4 Å². The van der Waals surface area contributed by atoms with E-state index in [1.165, 1.54) is 0 Å². The first kappa shape index (κ1) is 20.5. The molecule has 162 valence electrons. The molecule has 0 bridgehead atoms. The van der Waals surface area contributed by atoms with Crippen LogP contribution in [0.5, 0.6) is 0 Å². The average Bonchev–Trinajstić information content (AvgIpc) is 3.17. The molecule has 5 rings (SSSR count). The Kier molecular flexibility index (Phi) is 5.32. The zero-order valence-electron chi connectivity index (χ0n) is 17.8. The Morgan fingerprint density at radius 1 is 0.879 bits per heavy atom. The van der Waals surface area contributed by atoms with Gasteiger partial charge in [-0.05, 0) is 46.7 Å². The van der Waals surface area contributed by atoms with Gasteiger partial charge in [0.25, 0.3) is 0 Å². The summed E-state index contributed by atoms with van der Waals surface area (Å²) in [4.78, 5) is 24.8. The van der Waals surface area contributed by atoms with Crippen LogP contribution in [-0.4, -0.2) is 27.3 Å². The number of rotatable bonds is 7. The lowest BCUT2D eigenvalue weighted by Crippen LogP contribution is -2.14. The van der Waals surface area contributed by atoms with E-state index in [1.54, 1.807) is 4.90 Å². The normalized spacial score (nSPS) is 11.0. The van der Waals surface area contributed by atoms with Crippen LogP contribution in [-0.2, 0) is 22.6 Å². The number of benzene rings is 4. The zero-order chi connectivity index (χ0) is 22.8. The van der Waals surface area contributed by atoms with Crippen LogP contribution in [0.3, 0.4) is 0 Å². The number of carbonyl (C=O) groups is 2. The summed E-state index contributed by atoms with van der Waals surface area (Å²) in [6, 6.07) is 29.3. The molecule has 1 N–H and O–H groups in total. The van der Waals surface area contributed by atoms with Crippen molar-refractivity contribution in [2.45, 2.75) is 13.0 Å². The summed E-state index contributed by atoms with van der Waals surface area (Å²) in [6.07, 6.45) is 0.699. The van der Waals surface area contributed by atoms with Gasteiger partial charge in [-0.1, -0.05) is 60.7 Å². The van der Waals surface area contributed by atoms with E-state index >= 15 is 0 Å². The summed E-state index contributed by atoms with van der Waals surface area (Å²) in [6.45, 7) is 0.497. The van der Waals surface area contributed by atoms with Crippen molar-refractivity contribution < 1.29 is 14.7 Å². The molecule has 1 heterocycles. The number of fused-ring (bicyclic) bond motifs is 2. The maximum atomic E-state index is 11.9. The van der Waals surface area contributed by atoms with Gasteiger partial charge in [0.05, 0.1) is 24.2 Å². The highest BCUT2D eigenvalue weighted by molar-refractivity contribution is 5.93. The number of carboxylic acids is 1. The van der Waals surface area contributed by atoms with Crippen LogP contribution in [0, 0.1) is 0 Å². The van der Waals surface area contributed by atoms with Crippen molar-refractivity contribution in [2.24, 2.45) is 0 Å². The predicted octanol–water partition coefficient (Wildman–Crippen LogP) is 5.16. The van der Waals surface area contributed by atoms with Crippen LogP contribution in [0.25, 0.3) is 21.7 Å². The molecule has 0 spiro atoms. The van der Waals surface area contributed by atoms with Crippen molar-refractivity contribution in [1.82, 2.24) is 9.78 Å². The summed E-state index contributed by atoms with van der Waals surface area (Å²) >= 11 is 0. The molecule has 0 fully saturated rings. The van der Waals surface area contributed by atoms with Gasteiger partial charge >= 0.3 is 5.97 Å². The first-order valence-corrected chi connectivity index (χ1v) is 10.6. The van der Waals surface area contributed by atoms with Crippen molar-refractivity contribution in [2.75, 3.05) is 4.90 Å². The summed E-state index contributed by atoms with van der Waals surface area (Å²) < 4.78 is 1.82. The number of aromatic nitrogens is 2. The molecule has 0 saturated carbocycles. The minimum absolute atomic E-state index is 0.119. The van der Waals surface area contributed by atoms with Gasteiger partial charge in [-0.3, -0.25) is 19.2 Å². The number of hydrogen-bond donors (Lipinski definition) is 1. The standard InChI is InChI=1S/C27H21N3O3/c31-18-29(23-14-11-20-5-1-2-6-21(20)15-23)22-12-9-19(10-13-22)17-30-26-8-4-3-7-24(26)25(28-30)16-27(32)33/h1-15,18H,16-17H2,(H,32,33). The Morgan fingerprint density at radius 3 is 2.33 bits per heavy atom. The first-order chi connectivity index (χ1) is 16.1. The lowest BCUT2D eigenvalue weighted by atomic mass is 10.1. The predicted molar refractivity (Wildman–Crippen MR) is 129 cm³/mol. The van der Waals surface area contributed by atoms with Gasteiger partial charge in [0, 0.05) is 16.8 Å². The summed E-state index contributed by atoms with van der Waals surface area (Å²) in [5.74, 6) is -0.905. The molecule has 6 heteroatoms. The average molecular weight is 435 g/mol. The van der Waals surface area contributed by atoms with E-state index in [4.69, 9.17) is 0 Å². The molecular formula is C27H21N3O3. The van der Waals surface area contributed by atoms with Crippen molar-refractivity contribution in [3.8, 4) is 0 Å². The van der Waals surface area contributed by atoms with E-state index in [9.17, 15) is 14.7 Å². The largest absolute Gasteiger partial charge is 0.481 e. The first-order valence-electron chi connectivity index (χ1n) is 10.6. The maximum Gasteiger partial charge on any atom is 0.309 e. The molecule has 0 unspecified atom stereocenters. The number of anilines is 2. The highest BCUT2D eigenvalue weighted by atomic mass is 16.4. The van der Waals surface area contributed by atoms with E-state index in [2.05, 4.69) is 5.10 Å². The summed E-state index contributed by atoms with van der Waals surface area (Å²) in [7, 11) is 0. The van der Waals surface area contributed by atoms with E-state index in [0.29, 0.717) is 12.2 Å². The Hall–Kier alpha value is -4.45. The SMILES string of the molecule is O=CN(c1ccc(Cn2nc(CC(=O)O)c3ccccc32)cc1)c1ccc2ccccc2c1. The Labute approximate surface area is 190 Å². The Bertz CT molecular complexity index is 1470. The van der Waals surface area contributed by atoms with Gasteiger partial charge in [0.1, 0.15) is 0 Å². The van der Waals surface area contributed by atoms with E-state index in [1.807, 2.05) is 95.7 Å². The number of amides is 1. The third-order valence-electron chi connectivity index (χ3n) is 5.72. The quantitative estimate of drug-likeness (QED) is 0.358. The maximum absolute atomic E-state index is 11.9. The number of para-hydroxylation sites is 1. The number of aliphatic carboxylic acids is 1. The molecule has 0 atom stereocenters. The third-order valence-corrected chi connectivity index (χ3v) is 5.72. The molecular weight excluding hydrogens is 414 g/mol. The minimum Gasteiger partial charge on any atom is -0.481 e. The lowest BCUT2D eigenvalue weighted by molar-refractivity contribution is -0.136. The van der Waals surface area contributed by atoms with Gasteiger partial charge in [0.2, 0.25) is 6.41 Å². The summed E-state index contributed by atoms with van der Waals surface area (Å²) in [5, 5.41) is 16.8. The van der Waals surface area contributed by atoms with Crippen LogP contribution in [0.2, 0.25) is 0 Å². The van der Waals surface area contributed by atoms with Crippen LogP contribution in [0.15, 0.2) is 91.0 Å². The van der Waals surface area contributed by atoms with Crippen LogP contribution >= 0.6 is 0 Å². The van der Waals surface area contributed by atoms with E-state index in [-0.39, 0.29) is 6.42 Å². The van der Waals surface area contributed by atoms with Gasteiger partial charge in [-0.25, -0.2) is 0 Å². The fourth-order valence-electron chi connectivity index (χ4n) is 4.12. The van der Waals surface area contributed by atoms with Gasteiger partial charge in [-0.2, -0.15) is 5.10 Å². The fraction of sp³-hybridized carbons (Fsp3) is 0.0741. The second-order valence-corrected chi connectivity index (χ2v) is 7.87. The smallest absolute Gasteiger partial charge is 0.309 e. The molecule has 4 aromatic carbocycles. The number of nitrogens with zero attached hydrogens (tertiary/aromatic N) is 3. The molecule has 0 aliphatic carbocycles. The lowest BCUT2D eigenvalue weighted by Gasteiger charge is -2.18. The number of carbonyl (C=O) groups excluding carboxylic acids is 1. The Morgan fingerprint density at radius 2 is 1.58 bits per heavy atom. The van der Waals surface area contributed by atoms with Crippen LogP contribution in [0.1, 0.15) is 11.3 Å². The van der Waals surface area contributed by atoms with E-state index < -0.39 is 5.97 Å². The molecule has 0 saturated heterocycles. The molecule has 0 aliphatic heterocycles. The topological polar surface area (TPSA) is 75.4 Å². The zero-order valence-corrected chi connectivity index (χ0v) is 17.8. The van der Waals surface area contributed by atoms with Crippen molar-refractivity contribution >= 4 is 45.4 Å². The highest BCUT2D eigenvalue weighted by Crippen LogP contribution is 2.28. The molecule has 5 aromatic rings. The second kappa shape index (κ2) is 8.59. The van der Waals surface area contributed by atoms with Gasteiger partial charge < -0.3 is 5.11 Å². The number of hydrogen-bond acceptors (Lipinski definition) is 3. The molecule has 33 heavy (non-hydrogen) atoms. The van der Waals surface area contributed by atoms with Crippen molar-refractivity contribution in [3.63, 3.8) is 0 Å². The second-order valence-electron chi connectivity index (χ2n) is 7.87. The van der Waals surface area contributed by atoms with Gasteiger partial charge in [-0.15, -0.1) is 0 Å². The van der Waals surface area contributed by atoms with Crippen molar-refractivity contribution in [1.29, 1.82) is 0 Å². The molecule has 0 aliphatic rings. The highest BCUT2D eigenvalue weighted by Gasteiger charge is 2.14. The monoisotopic (exact) mass is 435 g/mol. The van der Waals surface area contributed by atoms with Crippen molar-refractivity contribution in [3.05, 3.63) is 102 Å². The molecule has 6 nitrogen and oxygen atoms in total. The van der Waals surface area contributed by atoms with E-state index in [0.717, 1.165) is 45.0 Å². The minimum atomic E-state index is -0.905. The number of carboxylic acid groups (broad SMARTS) is 1. The Balaban J connectivity index is 1.42. The fourth-order valence-corrected chi connectivity index (χ4v) is 4.12. The molecule has 0 radical (unpaired) electrons. The van der Waals surface area contributed by atoms with Crippen LogP contribution < -0.4 is 4.90 Å².